The van der Waals surface area contributed by atoms with Crippen LogP contribution in [0.2, 0.25) is 0 Å². The van der Waals surface area contributed by atoms with Gasteiger partial charge in [-0.25, -0.2) is 0 Å². The average Bonchev–Trinajstić information content (AvgIpc) is 3.11. The van der Waals surface area contributed by atoms with Crippen molar-refractivity contribution in [3.8, 4) is 0 Å². The Bertz CT molecular complexity index is 1280. The second-order valence-electron chi connectivity index (χ2n) is 12.5. The Morgan fingerprint density at radius 1 is 0.933 bits per heavy atom. The van der Waals surface area contributed by atoms with Gasteiger partial charge in [-0.3, -0.25) is 28.8 Å². The van der Waals surface area contributed by atoms with E-state index >= 15 is 0 Å². The Morgan fingerprint density at radius 3 is 2.07 bits per heavy atom. The lowest BCUT2D eigenvalue weighted by atomic mass is 9.56. The van der Waals surface area contributed by atoms with Crippen LogP contribution in [0.3, 0.4) is 0 Å². The van der Waals surface area contributed by atoms with Gasteiger partial charge in [0.2, 0.25) is 0 Å². The van der Waals surface area contributed by atoms with Gasteiger partial charge in [0, 0.05) is 46.5 Å². The SMILES string of the molecule is CC(=O)OC(C)CC(=O)OC1C[C@@H](OC(C)=O)[C@@]2(C)[C@@H](OC(C)=O)CC=C(C)[C@@H]2C(OC(C)=O)[C@@]2(O)[C@H](/C=C\1C)OC(=O)[C@@H]2C. The number of carbonyl (C=O) groups is 6. The second-order valence-corrected chi connectivity index (χ2v) is 12.5. The molecule has 3 aliphatic rings. The van der Waals surface area contributed by atoms with Crippen LogP contribution in [0.25, 0.3) is 0 Å². The first-order chi connectivity index (χ1) is 20.8. The van der Waals surface area contributed by atoms with Gasteiger partial charge in [-0.05, 0) is 39.3 Å². The normalized spacial score (nSPS) is 36.3. The summed E-state index contributed by atoms with van der Waals surface area (Å²) in [6.45, 7) is 12.8. The molecule has 1 aliphatic heterocycles. The number of carbonyl (C=O) groups excluding carboxylic acids is 6. The van der Waals surface area contributed by atoms with Crippen molar-refractivity contribution in [2.75, 3.05) is 0 Å². The quantitative estimate of drug-likeness (QED) is 0.245. The van der Waals surface area contributed by atoms with Crippen molar-refractivity contribution in [2.45, 2.75) is 124 Å². The molecular formula is C32H44O13. The smallest absolute Gasteiger partial charge is 0.312 e. The molecule has 1 N–H and O–H groups in total. The summed E-state index contributed by atoms with van der Waals surface area (Å²) in [5.41, 5.74) is -2.61. The summed E-state index contributed by atoms with van der Waals surface area (Å²) in [6.07, 6.45) is -3.82. The minimum absolute atomic E-state index is 0.144. The lowest BCUT2D eigenvalue weighted by molar-refractivity contribution is -0.218. The van der Waals surface area contributed by atoms with E-state index in [-0.39, 0.29) is 19.3 Å². The summed E-state index contributed by atoms with van der Waals surface area (Å²) in [5.74, 6) is -6.30. The molecule has 13 nitrogen and oxygen atoms in total. The van der Waals surface area contributed by atoms with Crippen LogP contribution in [0.1, 0.15) is 81.6 Å². The molecule has 10 atom stereocenters. The van der Waals surface area contributed by atoms with Gasteiger partial charge >= 0.3 is 35.8 Å². The number of aliphatic hydroxyl groups is 1. The van der Waals surface area contributed by atoms with Crippen LogP contribution in [0.5, 0.6) is 0 Å². The summed E-state index contributed by atoms with van der Waals surface area (Å²) in [6, 6.07) is 0. The number of esters is 6. The van der Waals surface area contributed by atoms with Crippen molar-refractivity contribution in [3.63, 3.8) is 0 Å². The van der Waals surface area contributed by atoms with E-state index in [0.29, 0.717) is 11.1 Å². The van der Waals surface area contributed by atoms with Crippen molar-refractivity contribution in [2.24, 2.45) is 17.3 Å². The van der Waals surface area contributed by atoms with E-state index in [9.17, 15) is 33.9 Å². The molecule has 0 radical (unpaired) electrons. The van der Waals surface area contributed by atoms with Crippen LogP contribution in [-0.4, -0.2) is 83.1 Å². The van der Waals surface area contributed by atoms with Gasteiger partial charge in [0.05, 0.1) is 17.8 Å². The number of ether oxygens (including phenoxy) is 6. The third kappa shape index (κ3) is 7.40. The topological polar surface area (TPSA) is 178 Å². The van der Waals surface area contributed by atoms with E-state index in [1.54, 1.807) is 26.8 Å². The highest BCUT2D eigenvalue weighted by atomic mass is 16.6. The summed E-state index contributed by atoms with van der Waals surface area (Å²) in [4.78, 5) is 75.2. The number of hydrogen-bond donors (Lipinski definition) is 1. The van der Waals surface area contributed by atoms with E-state index in [1.165, 1.54) is 47.6 Å². The van der Waals surface area contributed by atoms with Crippen LogP contribution < -0.4 is 0 Å². The lowest BCUT2D eigenvalue weighted by Crippen LogP contribution is -2.65. The second kappa shape index (κ2) is 13.7. The Kier molecular flexibility index (Phi) is 10.9. The molecule has 0 spiro atoms. The molecule has 1 heterocycles. The molecular weight excluding hydrogens is 592 g/mol. The van der Waals surface area contributed by atoms with Gasteiger partial charge in [-0.2, -0.15) is 0 Å². The van der Waals surface area contributed by atoms with Crippen molar-refractivity contribution < 1.29 is 62.3 Å². The van der Waals surface area contributed by atoms with Gasteiger partial charge in [0.15, 0.2) is 11.7 Å². The summed E-state index contributed by atoms with van der Waals surface area (Å²) < 4.78 is 34.2. The molecule has 0 aromatic carbocycles. The Labute approximate surface area is 262 Å². The van der Waals surface area contributed by atoms with Crippen LogP contribution in [0.4, 0.5) is 0 Å². The summed E-state index contributed by atoms with van der Waals surface area (Å²) in [5, 5.41) is 12.5. The zero-order valence-corrected chi connectivity index (χ0v) is 27.2. The molecule has 2 aliphatic carbocycles. The number of fused-ring (bicyclic) bond motifs is 2. The highest BCUT2D eigenvalue weighted by Crippen LogP contribution is 2.55. The van der Waals surface area contributed by atoms with Crippen molar-refractivity contribution in [3.05, 3.63) is 23.3 Å². The predicted molar refractivity (Wildman–Crippen MR) is 155 cm³/mol. The zero-order valence-electron chi connectivity index (χ0n) is 27.2. The van der Waals surface area contributed by atoms with Crippen LogP contribution in [0, 0.1) is 17.3 Å². The van der Waals surface area contributed by atoms with E-state index in [1.807, 2.05) is 0 Å². The third-order valence-electron chi connectivity index (χ3n) is 9.06. The van der Waals surface area contributed by atoms with E-state index in [2.05, 4.69) is 0 Å². The minimum atomic E-state index is -2.15. The molecule has 0 bridgehead atoms. The van der Waals surface area contributed by atoms with Crippen molar-refractivity contribution in [1.82, 2.24) is 0 Å². The summed E-state index contributed by atoms with van der Waals surface area (Å²) in [7, 11) is 0. The fourth-order valence-corrected chi connectivity index (χ4v) is 6.92. The average molecular weight is 637 g/mol. The highest BCUT2D eigenvalue weighted by Gasteiger charge is 2.67. The van der Waals surface area contributed by atoms with E-state index in [4.69, 9.17) is 28.4 Å². The maximum Gasteiger partial charge on any atom is 0.312 e. The Balaban J connectivity index is 2.32. The fraction of sp³-hybridized carbons (Fsp3) is 0.688. The maximum atomic E-state index is 13.1. The van der Waals surface area contributed by atoms with Gasteiger partial charge in [0.1, 0.15) is 30.5 Å². The number of hydrogen-bond acceptors (Lipinski definition) is 13. The molecule has 0 saturated carbocycles. The molecule has 13 heteroatoms. The molecule has 250 valence electrons. The molecule has 0 amide bonds. The first-order valence-corrected chi connectivity index (χ1v) is 15.0. The minimum Gasteiger partial charge on any atom is -0.462 e. The number of rotatable bonds is 7. The predicted octanol–water partition coefficient (Wildman–Crippen LogP) is 2.65. The van der Waals surface area contributed by atoms with Crippen molar-refractivity contribution >= 4 is 35.8 Å². The maximum absolute atomic E-state index is 13.1. The fourth-order valence-electron chi connectivity index (χ4n) is 6.92. The molecule has 1 saturated heterocycles. The van der Waals surface area contributed by atoms with Crippen LogP contribution in [-0.2, 0) is 57.2 Å². The zero-order chi connectivity index (χ0) is 34.0. The molecule has 45 heavy (non-hydrogen) atoms. The standard InChI is InChI=1S/C32H44O13/c1-15-10-11-24(41-20(6)34)31(9)25(42-21(7)35)14-23(44-27(37)13-17(3)40-19(5)33)16(2)12-26-32(39,18(4)30(38)45-26)29(28(15)31)43-22(8)36/h10,12,17-18,23-26,28-29,39H,11,13-14H2,1-9H3/b16-12-/t17?,18-,23?,24-,25+,26-,28+,29?,31+,32-/m0/s1. The van der Waals surface area contributed by atoms with Crippen LogP contribution in [0.15, 0.2) is 23.3 Å². The monoisotopic (exact) mass is 636 g/mol. The van der Waals surface area contributed by atoms with Crippen LogP contribution >= 0.6 is 0 Å². The highest BCUT2D eigenvalue weighted by molar-refractivity contribution is 5.78. The van der Waals surface area contributed by atoms with Gasteiger partial charge < -0.3 is 33.5 Å². The first kappa shape index (κ1) is 35.7. The Morgan fingerprint density at radius 2 is 1.51 bits per heavy atom. The Hall–Kier alpha value is -3.74. The third-order valence-corrected chi connectivity index (χ3v) is 9.06. The van der Waals surface area contributed by atoms with E-state index < -0.39 is 95.3 Å². The molecule has 0 aromatic heterocycles. The molecule has 1 fully saturated rings. The van der Waals surface area contributed by atoms with Gasteiger partial charge in [-0.15, -0.1) is 0 Å². The van der Waals surface area contributed by atoms with E-state index in [0.717, 1.165) is 0 Å². The van der Waals surface area contributed by atoms with Gasteiger partial charge in [0.25, 0.3) is 0 Å². The first-order valence-electron chi connectivity index (χ1n) is 15.0. The largest absolute Gasteiger partial charge is 0.462 e. The lowest BCUT2D eigenvalue weighted by Gasteiger charge is -2.54. The summed E-state index contributed by atoms with van der Waals surface area (Å²) >= 11 is 0. The molecule has 3 rings (SSSR count). The molecule has 3 unspecified atom stereocenters. The van der Waals surface area contributed by atoms with Crippen molar-refractivity contribution in [1.29, 1.82) is 0 Å². The van der Waals surface area contributed by atoms with Gasteiger partial charge in [-0.1, -0.05) is 18.6 Å². The molecule has 0 aromatic rings.